The van der Waals surface area contributed by atoms with Crippen molar-refractivity contribution in [3.63, 3.8) is 0 Å². The zero-order chi connectivity index (χ0) is 14.1. The molecule has 1 aromatic carbocycles. The number of rotatable bonds is 4. The van der Waals surface area contributed by atoms with Crippen LogP contribution in [0.4, 0.5) is 0 Å². The molecule has 2 fully saturated rings. The average molecular weight is 274 g/mol. The highest BCUT2D eigenvalue weighted by Gasteiger charge is 2.38. The lowest BCUT2D eigenvalue weighted by Gasteiger charge is -2.28. The monoisotopic (exact) mass is 274 g/mol. The van der Waals surface area contributed by atoms with E-state index in [4.69, 9.17) is 10.5 Å². The minimum atomic E-state index is 0.366. The number of benzene rings is 1. The van der Waals surface area contributed by atoms with E-state index in [-0.39, 0.29) is 0 Å². The van der Waals surface area contributed by atoms with Gasteiger partial charge in [-0.25, -0.2) is 0 Å². The van der Waals surface area contributed by atoms with Gasteiger partial charge in [0.15, 0.2) is 0 Å². The van der Waals surface area contributed by atoms with Crippen LogP contribution < -0.4 is 10.5 Å². The van der Waals surface area contributed by atoms with Crippen molar-refractivity contribution in [2.24, 2.45) is 17.6 Å². The van der Waals surface area contributed by atoms with E-state index in [1.54, 1.807) is 7.11 Å². The number of methoxy groups -OCH3 is 1. The Bertz CT molecular complexity index is 462. The molecular weight excluding hydrogens is 248 g/mol. The zero-order valence-electron chi connectivity index (χ0n) is 12.6. The van der Waals surface area contributed by atoms with Gasteiger partial charge in [0.2, 0.25) is 0 Å². The summed E-state index contributed by atoms with van der Waals surface area (Å²) in [5.41, 5.74) is 8.62. The third-order valence-corrected chi connectivity index (χ3v) is 5.22. The molecule has 3 unspecified atom stereocenters. The zero-order valence-corrected chi connectivity index (χ0v) is 12.6. The van der Waals surface area contributed by atoms with Crippen molar-refractivity contribution in [3.8, 4) is 5.75 Å². The minimum absolute atomic E-state index is 0.366. The number of likely N-dealkylation sites (tertiary alicyclic amines) is 1. The van der Waals surface area contributed by atoms with Gasteiger partial charge in [-0.1, -0.05) is 18.6 Å². The molecule has 20 heavy (non-hydrogen) atoms. The Morgan fingerprint density at radius 3 is 2.55 bits per heavy atom. The van der Waals surface area contributed by atoms with E-state index in [9.17, 15) is 0 Å². The van der Waals surface area contributed by atoms with E-state index in [1.807, 2.05) is 0 Å². The molecule has 1 saturated carbocycles. The summed E-state index contributed by atoms with van der Waals surface area (Å²) in [6.45, 7) is 5.27. The molecule has 0 radical (unpaired) electrons. The maximum atomic E-state index is 6.08. The van der Waals surface area contributed by atoms with Gasteiger partial charge in [-0.2, -0.15) is 0 Å². The van der Waals surface area contributed by atoms with Gasteiger partial charge in [-0.3, -0.25) is 4.90 Å². The summed E-state index contributed by atoms with van der Waals surface area (Å²) in [6.07, 6.45) is 4.26. The van der Waals surface area contributed by atoms with Crippen molar-refractivity contribution < 1.29 is 4.74 Å². The summed E-state index contributed by atoms with van der Waals surface area (Å²) in [5, 5.41) is 0. The molecule has 2 N–H and O–H groups in total. The Balaban J connectivity index is 1.78. The number of nitrogens with zero attached hydrogens (tertiary/aromatic N) is 1. The minimum Gasteiger partial charge on any atom is -0.496 e. The Morgan fingerprint density at radius 2 is 2.00 bits per heavy atom. The predicted octanol–water partition coefficient (Wildman–Crippen LogP) is 2.74. The van der Waals surface area contributed by atoms with Gasteiger partial charge >= 0.3 is 0 Å². The molecule has 1 heterocycles. The number of hydrogen-bond acceptors (Lipinski definition) is 3. The summed E-state index contributed by atoms with van der Waals surface area (Å²) in [6, 6.07) is 6.86. The highest BCUT2D eigenvalue weighted by Crippen LogP contribution is 2.41. The first kappa shape index (κ1) is 13.9. The molecule has 0 bridgehead atoms. The van der Waals surface area contributed by atoms with E-state index in [2.05, 4.69) is 30.0 Å². The maximum absolute atomic E-state index is 6.08. The number of fused-ring (bicyclic) bond motifs is 1. The molecule has 0 amide bonds. The normalized spacial score (nSPS) is 27.6. The van der Waals surface area contributed by atoms with Crippen LogP contribution in [0, 0.1) is 18.8 Å². The predicted molar refractivity (Wildman–Crippen MR) is 81.9 cm³/mol. The fourth-order valence-electron chi connectivity index (χ4n) is 4.13. The van der Waals surface area contributed by atoms with Gasteiger partial charge in [0.05, 0.1) is 7.11 Å². The standard InChI is InChI=1S/C17H26N2O/c1-12-8-13(6-7-17(12)20-2)16(9-18)19-10-14-4-3-5-15(14)11-19/h6-8,14-16H,3-5,9-11,18H2,1-2H3. The van der Waals surface area contributed by atoms with Crippen LogP contribution in [0.15, 0.2) is 18.2 Å². The smallest absolute Gasteiger partial charge is 0.121 e. The lowest BCUT2D eigenvalue weighted by Crippen LogP contribution is -2.32. The number of aryl methyl sites for hydroxylation is 1. The molecule has 3 nitrogen and oxygen atoms in total. The largest absolute Gasteiger partial charge is 0.496 e. The topological polar surface area (TPSA) is 38.5 Å². The Morgan fingerprint density at radius 1 is 1.30 bits per heavy atom. The summed E-state index contributed by atoms with van der Waals surface area (Å²) in [5.74, 6) is 2.80. The van der Waals surface area contributed by atoms with Crippen LogP contribution in [0.25, 0.3) is 0 Å². The van der Waals surface area contributed by atoms with E-state index in [0.717, 1.165) is 17.6 Å². The Kier molecular flexibility index (Phi) is 3.99. The molecule has 1 aromatic rings. The number of nitrogens with two attached hydrogens (primary N) is 1. The highest BCUT2D eigenvalue weighted by atomic mass is 16.5. The molecule has 1 aliphatic carbocycles. The van der Waals surface area contributed by atoms with Gasteiger partial charge in [-0.05, 0) is 48.8 Å². The quantitative estimate of drug-likeness (QED) is 0.917. The van der Waals surface area contributed by atoms with E-state index >= 15 is 0 Å². The fraction of sp³-hybridized carbons (Fsp3) is 0.647. The fourth-order valence-corrected chi connectivity index (χ4v) is 4.13. The lowest BCUT2D eigenvalue weighted by atomic mass is 10.0. The number of hydrogen-bond donors (Lipinski definition) is 1. The first-order valence-corrected chi connectivity index (χ1v) is 7.81. The summed E-state index contributed by atoms with van der Waals surface area (Å²) in [7, 11) is 1.73. The maximum Gasteiger partial charge on any atom is 0.121 e. The Hall–Kier alpha value is -1.06. The van der Waals surface area contributed by atoms with Crippen LogP contribution in [0.5, 0.6) is 5.75 Å². The van der Waals surface area contributed by atoms with Crippen molar-refractivity contribution in [3.05, 3.63) is 29.3 Å². The van der Waals surface area contributed by atoms with Crippen LogP contribution in [-0.2, 0) is 0 Å². The first-order valence-electron chi connectivity index (χ1n) is 7.81. The van der Waals surface area contributed by atoms with E-state index in [0.29, 0.717) is 12.6 Å². The van der Waals surface area contributed by atoms with Gasteiger partial charge in [0, 0.05) is 25.7 Å². The molecule has 0 aromatic heterocycles. The second-order valence-electron chi connectivity index (χ2n) is 6.39. The third-order valence-electron chi connectivity index (χ3n) is 5.22. The van der Waals surface area contributed by atoms with Gasteiger partial charge in [0.25, 0.3) is 0 Å². The van der Waals surface area contributed by atoms with Gasteiger partial charge in [-0.15, -0.1) is 0 Å². The highest BCUT2D eigenvalue weighted by molar-refractivity contribution is 5.37. The van der Waals surface area contributed by atoms with Crippen molar-refractivity contribution in [1.82, 2.24) is 4.90 Å². The third kappa shape index (κ3) is 2.45. The SMILES string of the molecule is COc1ccc(C(CN)N2CC3CCCC3C2)cc1C. The molecular formula is C17H26N2O. The summed E-state index contributed by atoms with van der Waals surface area (Å²) in [4.78, 5) is 2.61. The van der Waals surface area contributed by atoms with Gasteiger partial charge < -0.3 is 10.5 Å². The molecule has 3 heteroatoms. The Labute approximate surface area is 122 Å². The lowest BCUT2D eigenvalue weighted by molar-refractivity contribution is 0.231. The van der Waals surface area contributed by atoms with Crippen molar-refractivity contribution in [2.75, 3.05) is 26.7 Å². The molecule has 110 valence electrons. The van der Waals surface area contributed by atoms with Crippen LogP contribution in [0.2, 0.25) is 0 Å². The molecule has 3 rings (SSSR count). The number of ether oxygens (including phenoxy) is 1. The first-order chi connectivity index (χ1) is 9.72. The summed E-state index contributed by atoms with van der Waals surface area (Å²) < 4.78 is 5.35. The van der Waals surface area contributed by atoms with Crippen molar-refractivity contribution in [2.45, 2.75) is 32.2 Å². The molecule has 2 aliphatic rings. The van der Waals surface area contributed by atoms with E-state index in [1.165, 1.54) is 43.5 Å². The average Bonchev–Trinajstić information content (AvgIpc) is 3.01. The van der Waals surface area contributed by atoms with Crippen LogP contribution >= 0.6 is 0 Å². The molecule has 3 atom stereocenters. The van der Waals surface area contributed by atoms with E-state index < -0.39 is 0 Å². The van der Waals surface area contributed by atoms with Crippen LogP contribution in [0.3, 0.4) is 0 Å². The van der Waals surface area contributed by atoms with Gasteiger partial charge in [0.1, 0.15) is 5.75 Å². The van der Waals surface area contributed by atoms with Crippen molar-refractivity contribution >= 4 is 0 Å². The second kappa shape index (κ2) is 5.74. The second-order valence-corrected chi connectivity index (χ2v) is 6.39. The molecule has 1 aliphatic heterocycles. The van der Waals surface area contributed by atoms with Crippen LogP contribution in [0.1, 0.15) is 36.4 Å². The van der Waals surface area contributed by atoms with Crippen molar-refractivity contribution in [1.29, 1.82) is 0 Å². The molecule has 1 saturated heterocycles. The van der Waals surface area contributed by atoms with Crippen LogP contribution in [-0.4, -0.2) is 31.6 Å². The molecule has 0 spiro atoms. The summed E-state index contributed by atoms with van der Waals surface area (Å²) >= 11 is 0.